The summed E-state index contributed by atoms with van der Waals surface area (Å²) >= 11 is 6.98. The molecule has 0 saturated heterocycles. The van der Waals surface area contributed by atoms with Gasteiger partial charge in [0.05, 0.1) is 33.5 Å². The van der Waals surface area contributed by atoms with Gasteiger partial charge in [0.2, 0.25) is 0 Å². The fourth-order valence-electron chi connectivity index (χ4n) is 3.80. The Morgan fingerprint density at radius 2 is 1.72 bits per heavy atom. The third-order valence-electron chi connectivity index (χ3n) is 5.66. The highest BCUT2D eigenvalue weighted by Crippen LogP contribution is 2.26. The van der Waals surface area contributed by atoms with Crippen molar-refractivity contribution in [3.05, 3.63) is 107 Å². The predicted octanol–water partition coefficient (Wildman–Crippen LogP) is 6.42. The van der Waals surface area contributed by atoms with Crippen molar-refractivity contribution >= 4 is 55.4 Å². The number of thiazole rings is 1. The van der Waals surface area contributed by atoms with Crippen LogP contribution in [0.4, 0.5) is 10.8 Å². The first-order valence-corrected chi connectivity index (χ1v) is 14.3. The van der Waals surface area contributed by atoms with E-state index in [0.717, 1.165) is 11.3 Å². The molecule has 1 N–H and O–H groups in total. The third-order valence-corrected chi connectivity index (χ3v) is 8.20. The van der Waals surface area contributed by atoms with E-state index in [1.54, 1.807) is 33.1 Å². The topological polar surface area (TPSA) is 119 Å². The lowest BCUT2D eigenvalue weighted by molar-refractivity contribution is 0.601. The number of fused-ring (bicyclic) bond motifs is 1. The monoisotopic (exact) mass is 570 g/mol. The quantitative estimate of drug-likeness (QED) is 0.175. The lowest BCUT2D eigenvalue weighted by atomic mass is 10.2. The van der Waals surface area contributed by atoms with Crippen molar-refractivity contribution in [2.75, 3.05) is 4.72 Å². The molecule has 0 bridgehead atoms. The molecular formula is C26H18N8O2S3. The van der Waals surface area contributed by atoms with E-state index in [1.165, 1.54) is 29.7 Å². The molecule has 0 unspecified atom stereocenters. The van der Waals surface area contributed by atoms with Crippen molar-refractivity contribution in [3.8, 4) is 16.9 Å². The van der Waals surface area contributed by atoms with Gasteiger partial charge in [-0.1, -0.05) is 47.8 Å². The maximum atomic E-state index is 12.6. The Morgan fingerprint density at radius 1 is 0.949 bits per heavy atom. The minimum absolute atomic E-state index is 0.0836. The molecule has 3 heterocycles. The fourth-order valence-corrected chi connectivity index (χ4v) is 5.88. The molecule has 10 nitrogen and oxygen atoms in total. The Bertz CT molecular complexity index is 1970. The molecule has 0 atom stereocenters. The van der Waals surface area contributed by atoms with Crippen LogP contribution in [0.3, 0.4) is 0 Å². The zero-order chi connectivity index (χ0) is 26.8. The van der Waals surface area contributed by atoms with Crippen molar-refractivity contribution in [1.82, 2.24) is 24.4 Å². The molecule has 0 amide bonds. The van der Waals surface area contributed by atoms with Gasteiger partial charge < -0.3 is 0 Å². The number of aromatic nitrogens is 5. The highest BCUT2D eigenvalue weighted by atomic mass is 32.2. The summed E-state index contributed by atoms with van der Waals surface area (Å²) in [6.07, 6.45) is 5.10. The number of para-hydroxylation sites is 3. The first kappa shape index (κ1) is 24.7. The van der Waals surface area contributed by atoms with Gasteiger partial charge in [-0.25, -0.2) is 23.1 Å². The summed E-state index contributed by atoms with van der Waals surface area (Å²) < 4.78 is 31.3. The van der Waals surface area contributed by atoms with E-state index in [-0.39, 0.29) is 4.90 Å². The Hall–Kier alpha value is -4.59. The molecule has 0 aliphatic heterocycles. The van der Waals surface area contributed by atoms with Crippen LogP contribution in [-0.2, 0) is 10.0 Å². The Labute approximate surface area is 232 Å². The summed E-state index contributed by atoms with van der Waals surface area (Å²) in [4.78, 5) is 8.82. The number of anilines is 1. The first-order chi connectivity index (χ1) is 19.0. The van der Waals surface area contributed by atoms with Crippen molar-refractivity contribution in [3.63, 3.8) is 0 Å². The standard InChI is InChI=1S/C26H18N8O2S3/c35-39(36,31-26-27-14-15-38-26)21-12-10-19(11-13-21)30-32-34-23-9-5-4-8-22(23)29-24(25(34)37)18-16-28-33(17-18)20-6-2-1-3-7-20/h1-17H,(H,27,31). The van der Waals surface area contributed by atoms with Crippen LogP contribution >= 0.6 is 23.6 Å². The van der Waals surface area contributed by atoms with Crippen LogP contribution in [0.1, 0.15) is 0 Å². The van der Waals surface area contributed by atoms with Crippen molar-refractivity contribution in [1.29, 1.82) is 0 Å². The molecule has 192 valence electrons. The minimum atomic E-state index is -3.77. The van der Waals surface area contributed by atoms with E-state index < -0.39 is 10.0 Å². The maximum Gasteiger partial charge on any atom is 0.263 e. The van der Waals surface area contributed by atoms with Crippen LogP contribution in [0, 0.1) is 4.64 Å². The third kappa shape index (κ3) is 5.10. The van der Waals surface area contributed by atoms with E-state index in [1.807, 2.05) is 60.8 Å². The number of rotatable bonds is 7. The summed E-state index contributed by atoms with van der Waals surface area (Å²) in [6.45, 7) is 0. The summed E-state index contributed by atoms with van der Waals surface area (Å²) in [5.41, 5.74) is 4.00. The molecule has 0 aliphatic rings. The van der Waals surface area contributed by atoms with Gasteiger partial charge in [-0.15, -0.1) is 16.5 Å². The second-order valence-electron chi connectivity index (χ2n) is 8.20. The number of hydrogen-bond acceptors (Lipinski definition) is 9. The second kappa shape index (κ2) is 10.3. The molecule has 3 aromatic heterocycles. The molecule has 39 heavy (non-hydrogen) atoms. The Morgan fingerprint density at radius 3 is 2.49 bits per heavy atom. The lowest BCUT2D eigenvalue weighted by Crippen LogP contribution is -2.12. The van der Waals surface area contributed by atoms with Crippen LogP contribution in [0.5, 0.6) is 0 Å². The van der Waals surface area contributed by atoms with Gasteiger partial charge in [0.25, 0.3) is 10.0 Å². The fraction of sp³-hybridized carbons (Fsp3) is 0. The van der Waals surface area contributed by atoms with Crippen LogP contribution < -0.4 is 4.72 Å². The zero-order valence-electron chi connectivity index (χ0n) is 20.0. The van der Waals surface area contributed by atoms with E-state index in [4.69, 9.17) is 17.2 Å². The number of benzene rings is 3. The van der Waals surface area contributed by atoms with Gasteiger partial charge in [-0.05, 0) is 48.5 Å². The molecule has 3 aromatic carbocycles. The molecule has 0 spiro atoms. The van der Waals surface area contributed by atoms with Crippen LogP contribution in [-0.4, -0.2) is 32.8 Å². The molecule has 0 saturated carbocycles. The van der Waals surface area contributed by atoms with Gasteiger partial charge in [-0.2, -0.15) is 9.77 Å². The minimum Gasteiger partial charge on any atom is -0.255 e. The van der Waals surface area contributed by atoms with Gasteiger partial charge in [-0.3, -0.25) is 4.72 Å². The van der Waals surface area contributed by atoms with E-state index >= 15 is 0 Å². The SMILES string of the molecule is O=S(=O)(Nc1nccs1)c1ccc(N=Nn2c(=S)c(-c3cnn(-c4ccccc4)c3)nc3ccccc32)cc1. The lowest BCUT2D eigenvalue weighted by Gasteiger charge is -2.08. The molecular weight excluding hydrogens is 553 g/mol. The summed E-state index contributed by atoms with van der Waals surface area (Å²) in [6, 6.07) is 23.3. The molecule has 6 rings (SSSR count). The van der Waals surface area contributed by atoms with Crippen LogP contribution in [0.2, 0.25) is 0 Å². The molecule has 0 radical (unpaired) electrons. The van der Waals surface area contributed by atoms with Crippen LogP contribution in [0.15, 0.2) is 118 Å². The van der Waals surface area contributed by atoms with E-state index in [2.05, 4.69) is 25.1 Å². The van der Waals surface area contributed by atoms with Crippen molar-refractivity contribution < 1.29 is 8.42 Å². The average Bonchev–Trinajstić information content (AvgIpc) is 3.65. The van der Waals surface area contributed by atoms with E-state index in [9.17, 15) is 8.42 Å². The zero-order valence-corrected chi connectivity index (χ0v) is 22.4. The summed E-state index contributed by atoms with van der Waals surface area (Å²) in [5.74, 6) is 0. The molecule has 6 aromatic rings. The Balaban J connectivity index is 1.34. The Kier molecular flexibility index (Phi) is 6.52. The number of hydrogen-bond donors (Lipinski definition) is 1. The first-order valence-electron chi connectivity index (χ1n) is 11.5. The number of sulfonamides is 1. The molecule has 0 aliphatic carbocycles. The number of nitrogens with zero attached hydrogens (tertiary/aromatic N) is 7. The highest BCUT2D eigenvalue weighted by Gasteiger charge is 2.16. The van der Waals surface area contributed by atoms with E-state index in [0.29, 0.717) is 32.2 Å². The van der Waals surface area contributed by atoms with Gasteiger partial charge >= 0.3 is 0 Å². The average molecular weight is 571 g/mol. The largest absolute Gasteiger partial charge is 0.263 e. The smallest absolute Gasteiger partial charge is 0.255 e. The molecule has 0 fully saturated rings. The normalized spacial score (nSPS) is 11.8. The summed E-state index contributed by atoms with van der Waals surface area (Å²) in [7, 11) is -3.77. The van der Waals surface area contributed by atoms with Crippen molar-refractivity contribution in [2.45, 2.75) is 4.90 Å². The van der Waals surface area contributed by atoms with Gasteiger partial charge in [0, 0.05) is 23.3 Å². The highest BCUT2D eigenvalue weighted by molar-refractivity contribution is 7.93. The van der Waals surface area contributed by atoms with Gasteiger partial charge in [0.15, 0.2) is 9.77 Å². The molecule has 13 heteroatoms. The maximum absolute atomic E-state index is 12.6. The van der Waals surface area contributed by atoms with Crippen molar-refractivity contribution in [2.24, 2.45) is 10.3 Å². The summed E-state index contributed by atoms with van der Waals surface area (Å²) in [5, 5.41) is 15.2. The predicted molar refractivity (Wildman–Crippen MR) is 152 cm³/mol. The van der Waals surface area contributed by atoms with Gasteiger partial charge in [0.1, 0.15) is 5.69 Å². The number of nitrogens with one attached hydrogen (secondary N) is 1. The van der Waals surface area contributed by atoms with Crippen LogP contribution in [0.25, 0.3) is 28.0 Å². The second-order valence-corrected chi connectivity index (χ2v) is 11.2.